The zero-order valence-corrected chi connectivity index (χ0v) is 6.87. The van der Waals surface area contributed by atoms with Gasteiger partial charge < -0.3 is 0 Å². The molecule has 0 unspecified atom stereocenters. The topological polar surface area (TPSA) is 38.8 Å². The Bertz CT molecular complexity index is 130. The van der Waals surface area contributed by atoms with Gasteiger partial charge in [-0.25, -0.2) is 9.68 Å². The molecule has 0 spiro atoms. The molecule has 0 saturated carbocycles. The molecule has 1 amide bonds. The van der Waals surface area contributed by atoms with E-state index in [-0.39, 0.29) is 0 Å². The van der Waals surface area contributed by atoms with Crippen molar-refractivity contribution in [2.24, 2.45) is 0 Å². The Kier molecular flexibility index (Phi) is 5.42. The fraction of sp³-hybridized carbons (Fsp3) is 0.571. The largest absolute Gasteiger partial charge is 0.296 e. The van der Waals surface area contributed by atoms with E-state index in [0.717, 1.165) is 11.3 Å². The number of amides is 1. The summed E-state index contributed by atoms with van der Waals surface area (Å²) in [5.74, 6) is -0.395. The molecule has 0 aliphatic carbocycles. The van der Waals surface area contributed by atoms with Gasteiger partial charge in [-0.3, -0.25) is 4.79 Å². The summed E-state index contributed by atoms with van der Waals surface area (Å²) in [4.78, 5) is 20.5. The van der Waals surface area contributed by atoms with Gasteiger partial charge >= 0.3 is 0 Å². The third kappa shape index (κ3) is 3.75. The molecule has 0 aliphatic heterocycles. The summed E-state index contributed by atoms with van der Waals surface area (Å²) >= 11 is 0. The van der Waals surface area contributed by atoms with Gasteiger partial charge in [-0.15, -0.1) is 0 Å². The molecule has 4 heteroatoms. The number of rotatable bonds is 5. The SMILES string of the molecule is C=CC(=O)N(OCC)OCC. The second-order valence-electron chi connectivity index (χ2n) is 1.64. The van der Waals surface area contributed by atoms with Crippen molar-refractivity contribution in [3.8, 4) is 0 Å². The van der Waals surface area contributed by atoms with Crippen LogP contribution >= 0.6 is 0 Å². The van der Waals surface area contributed by atoms with Gasteiger partial charge in [0.2, 0.25) is 0 Å². The Morgan fingerprint density at radius 2 is 1.91 bits per heavy atom. The van der Waals surface area contributed by atoms with Crippen molar-refractivity contribution in [1.29, 1.82) is 0 Å². The fourth-order valence-corrected chi connectivity index (χ4v) is 0.474. The van der Waals surface area contributed by atoms with Gasteiger partial charge in [0, 0.05) is 6.08 Å². The smallest absolute Gasteiger partial charge is 0.265 e. The van der Waals surface area contributed by atoms with Crippen molar-refractivity contribution in [3.05, 3.63) is 12.7 Å². The first kappa shape index (κ1) is 10.1. The number of carbonyl (C=O) groups is 1. The quantitative estimate of drug-likeness (QED) is 0.442. The third-order valence-corrected chi connectivity index (χ3v) is 0.847. The van der Waals surface area contributed by atoms with E-state index >= 15 is 0 Å². The third-order valence-electron chi connectivity index (χ3n) is 0.847. The van der Waals surface area contributed by atoms with Gasteiger partial charge in [-0.1, -0.05) is 11.8 Å². The van der Waals surface area contributed by atoms with Gasteiger partial charge in [0.1, 0.15) is 0 Å². The van der Waals surface area contributed by atoms with Crippen molar-refractivity contribution in [2.75, 3.05) is 13.2 Å². The zero-order chi connectivity index (χ0) is 8.69. The second kappa shape index (κ2) is 5.88. The summed E-state index contributed by atoms with van der Waals surface area (Å²) in [6.45, 7) is 7.60. The summed E-state index contributed by atoms with van der Waals surface area (Å²) in [5.41, 5.74) is 0. The van der Waals surface area contributed by atoms with Crippen LogP contribution in [0.3, 0.4) is 0 Å². The number of hydrogen-bond acceptors (Lipinski definition) is 3. The van der Waals surface area contributed by atoms with Crippen LogP contribution in [0, 0.1) is 0 Å². The first-order chi connectivity index (χ1) is 5.26. The standard InChI is InChI=1S/C7H13NO3/c1-4-7(9)8(10-5-2)11-6-3/h4H,1,5-6H2,2-3H3. The summed E-state index contributed by atoms with van der Waals surface area (Å²) < 4.78 is 0. The van der Waals surface area contributed by atoms with E-state index in [1.807, 2.05) is 0 Å². The summed E-state index contributed by atoms with van der Waals surface area (Å²) in [6.07, 6.45) is 1.13. The highest BCUT2D eigenvalue weighted by atomic mass is 17.0. The number of carbonyl (C=O) groups excluding carboxylic acids is 1. The van der Waals surface area contributed by atoms with Crippen molar-refractivity contribution >= 4 is 5.91 Å². The minimum atomic E-state index is -0.395. The van der Waals surface area contributed by atoms with Gasteiger partial charge in [-0.05, 0) is 13.8 Å². The van der Waals surface area contributed by atoms with Crippen LogP contribution in [0.1, 0.15) is 13.8 Å². The number of hydrogen-bond donors (Lipinski definition) is 0. The maximum absolute atomic E-state index is 10.8. The van der Waals surface area contributed by atoms with Gasteiger partial charge in [-0.2, -0.15) is 0 Å². The molecule has 0 heterocycles. The molecule has 0 aromatic rings. The molecule has 0 aromatic heterocycles. The molecule has 0 fully saturated rings. The van der Waals surface area contributed by atoms with E-state index < -0.39 is 5.91 Å². The number of nitrogens with zero attached hydrogens (tertiary/aromatic N) is 1. The van der Waals surface area contributed by atoms with Gasteiger partial charge in [0.25, 0.3) is 5.91 Å². The Hall–Kier alpha value is -0.870. The van der Waals surface area contributed by atoms with Crippen molar-refractivity contribution in [1.82, 2.24) is 5.23 Å². The summed E-state index contributed by atoms with van der Waals surface area (Å²) in [7, 11) is 0. The lowest BCUT2D eigenvalue weighted by Gasteiger charge is -2.16. The highest BCUT2D eigenvalue weighted by Gasteiger charge is 2.09. The summed E-state index contributed by atoms with van der Waals surface area (Å²) in [5, 5.41) is 0.826. The Balaban J connectivity index is 3.86. The highest BCUT2D eigenvalue weighted by Crippen LogP contribution is 1.93. The van der Waals surface area contributed by atoms with Crippen molar-refractivity contribution in [2.45, 2.75) is 13.8 Å². The Morgan fingerprint density at radius 1 is 1.45 bits per heavy atom. The van der Waals surface area contributed by atoms with Crippen LogP contribution in [0.25, 0.3) is 0 Å². The van der Waals surface area contributed by atoms with Crippen LogP contribution in [0.4, 0.5) is 0 Å². The lowest BCUT2D eigenvalue weighted by Crippen LogP contribution is -2.29. The minimum Gasteiger partial charge on any atom is -0.265 e. The minimum absolute atomic E-state index is 0.388. The van der Waals surface area contributed by atoms with E-state index in [0.29, 0.717) is 13.2 Å². The van der Waals surface area contributed by atoms with Crippen molar-refractivity contribution < 1.29 is 14.5 Å². The molecular weight excluding hydrogens is 146 g/mol. The second-order valence-corrected chi connectivity index (χ2v) is 1.64. The number of hydroxylamine groups is 2. The Morgan fingerprint density at radius 3 is 2.18 bits per heavy atom. The molecule has 64 valence electrons. The van der Waals surface area contributed by atoms with Crippen LogP contribution < -0.4 is 0 Å². The first-order valence-electron chi connectivity index (χ1n) is 3.48. The van der Waals surface area contributed by atoms with Crippen LogP contribution in [0.2, 0.25) is 0 Å². The van der Waals surface area contributed by atoms with Crippen LogP contribution in [0.15, 0.2) is 12.7 Å². The Labute approximate surface area is 66.3 Å². The van der Waals surface area contributed by atoms with Crippen LogP contribution in [-0.2, 0) is 14.5 Å². The molecule has 0 saturated heterocycles. The van der Waals surface area contributed by atoms with E-state index in [4.69, 9.17) is 9.68 Å². The predicted molar refractivity (Wildman–Crippen MR) is 40.3 cm³/mol. The highest BCUT2D eigenvalue weighted by molar-refractivity contribution is 5.85. The van der Waals surface area contributed by atoms with Crippen LogP contribution in [-0.4, -0.2) is 24.3 Å². The molecule has 11 heavy (non-hydrogen) atoms. The molecule has 0 rings (SSSR count). The zero-order valence-electron chi connectivity index (χ0n) is 6.87. The normalized spacial score (nSPS) is 9.27. The maximum Gasteiger partial charge on any atom is 0.296 e. The van der Waals surface area contributed by atoms with E-state index in [9.17, 15) is 4.79 Å². The maximum atomic E-state index is 10.8. The molecule has 0 bridgehead atoms. The van der Waals surface area contributed by atoms with Crippen LogP contribution in [0.5, 0.6) is 0 Å². The van der Waals surface area contributed by atoms with Gasteiger partial charge in [0.15, 0.2) is 0 Å². The van der Waals surface area contributed by atoms with Gasteiger partial charge in [0.05, 0.1) is 13.2 Å². The molecule has 0 aliphatic rings. The molecule has 0 aromatic carbocycles. The fourth-order valence-electron chi connectivity index (χ4n) is 0.474. The lowest BCUT2D eigenvalue weighted by atomic mass is 10.6. The first-order valence-corrected chi connectivity index (χ1v) is 3.48. The average Bonchev–Trinajstić information content (AvgIpc) is 2.03. The average molecular weight is 159 g/mol. The van der Waals surface area contributed by atoms with Crippen molar-refractivity contribution in [3.63, 3.8) is 0 Å². The molecular formula is C7H13NO3. The molecule has 0 radical (unpaired) electrons. The summed E-state index contributed by atoms with van der Waals surface area (Å²) in [6, 6.07) is 0. The van der Waals surface area contributed by atoms with E-state index in [2.05, 4.69) is 6.58 Å². The van der Waals surface area contributed by atoms with E-state index in [1.165, 1.54) is 0 Å². The molecule has 0 atom stereocenters. The monoisotopic (exact) mass is 159 g/mol. The lowest BCUT2D eigenvalue weighted by molar-refractivity contribution is -0.335. The van der Waals surface area contributed by atoms with E-state index in [1.54, 1.807) is 13.8 Å². The predicted octanol–water partition coefficient (Wildman–Crippen LogP) is 0.904. The molecule has 4 nitrogen and oxygen atoms in total. The molecule has 0 N–H and O–H groups in total.